The van der Waals surface area contributed by atoms with Gasteiger partial charge in [0.2, 0.25) is 5.91 Å². The number of ketones is 1. The molecule has 7 heteroatoms. The minimum atomic E-state index is -0.597. The average molecular weight is 422 g/mol. The van der Waals surface area contributed by atoms with Crippen molar-refractivity contribution in [3.63, 3.8) is 0 Å². The van der Waals surface area contributed by atoms with E-state index in [0.29, 0.717) is 29.0 Å². The van der Waals surface area contributed by atoms with E-state index in [9.17, 15) is 14.4 Å². The summed E-state index contributed by atoms with van der Waals surface area (Å²) in [5.74, 6) is -0.353. The van der Waals surface area contributed by atoms with Crippen LogP contribution in [-0.4, -0.2) is 33.0 Å². The van der Waals surface area contributed by atoms with Crippen LogP contribution in [0.1, 0.15) is 12.5 Å². The number of hydrogen-bond donors (Lipinski definition) is 1. The third-order valence-corrected chi connectivity index (χ3v) is 5.56. The molecule has 1 amide bonds. The number of rotatable bonds is 9. The van der Waals surface area contributed by atoms with Gasteiger partial charge in [0.1, 0.15) is 0 Å². The molecule has 0 aliphatic carbocycles. The molecule has 2 aromatic carbocycles. The lowest BCUT2D eigenvalue weighted by molar-refractivity contribution is -0.125. The molecule has 1 aromatic heterocycles. The summed E-state index contributed by atoms with van der Waals surface area (Å²) >= 11 is 1.16. The fourth-order valence-electron chi connectivity index (χ4n) is 3.06. The molecule has 0 unspecified atom stereocenters. The Labute approximate surface area is 179 Å². The number of para-hydroxylation sites is 1. The van der Waals surface area contributed by atoms with Crippen molar-refractivity contribution in [1.29, 1.82) is 0 Å². The number of hydrogen-bond acceptors (Lipinski definition) is 5. The summed E-state index contributed by atoms with van der Waals surface area (Å²) in [4.78, 5) is 41.8. The first-order valence-corrected chi connectivity index (χ1v) is 10.5. The van der Waals surface area contributed by atoms with Crippen LogP contribution in [0, 0.1) is 0 Å². The third kappa shape index (κ3) is 5.24. The van der Waals surface area contributed by atoms with Gasteiger partial charge < -0.3 is 5.32 Å². The Morgan fingerprint density at radius 1 is 1.17 bits per heavy atom. The lowest BCUT2D eigenvalue weighted by atomic mass is 10.0. The van der Waals surface area contributed by atoms with Crippen molar-refractivity contribution in [2.24, 2.45) is 0 Å². The molecule has 0 radical (unpaired) electrons. The molecule has 3 aromatic rings. The second-order valence-corrected chi connectivity index (χ2v) is 7.77. The van der Waals surface area contributed by atoms with Gasteiger partial charge in [0.05, 0.1) is 22.7 Å². The molecule has 30 heavy (non-hydrogen) atoms. The Morgan fingerprint density at radius 3 is 2.57 bits per heavy atom. The maximum atomic E-state index is 12.8. The normalized spacial score (nSPS) is 11.8. The number of nitrogens with one attached hydrogen (secondary N) is 1. The van der Waals surface area contributed by atoms with E-state index in [2.05, 4.69) is 16.9 Å². The van der Waals surface area contributed by atoms with Crippen LogP contribution in [0.2, 0.25) is 0 Å². The van der Waals surface area contributed by atoms with Crippen molar-refractivity contribution in [3.05, 3.63) is 83.2 Å². The zero-order valence-electron chi connectivity index (χ0n) is 16.7. The van der Waals surface area contributed by atoms with Crippen molar-refractivity contribution < 1.29 is 9.59 Å². The number of benzene rings is 2. The monoisotopic (exact) mass is 421 g/mol. The molecule has 1 heterocycles. The summed E-state index contributed by atoms with van der Waals surface area (Å²) in [6.45, 7) is 5.46. The Hall–Kier alpha value is -3.19. The van der Waals surface area contributed by atoms with Gasteiger partial charge >= 0.3 is 0 Å². The Morgan fingerprint density at radius 2 is 1.87 bits per heavy atom. The third-order valence-electron chi connectivity index (χ3n) is 4.58. The van der Waals surface area contributed by atoms with Gasteiger partial charge in [-0.15, -0.1) is 6.58 Å². The lowest BCUT2D eigenvalue weighted by Gasteiger charge is -2.16. The number of thioether (sulfide) groups is 1. The molecule has 0 bridgehead atoms. The summed E-state index contributed by atoms with van der Waals surface area (Å²) in [6.07, 6.45) is 2.05. The van der Waals surface area contributed by atoms with Crippen LogP contribution in [0.15, 0.2) is 77.2 Å². The number of fused-ring (bicyclic) bond motifs is 1. The van der Waals surface area contributed by atoms with Crippen LogP contribution >= 0.6 is 11.8 Å². The number of nitrogens with zero attached hydrogens (tertiary/aromatic N) is 2. The number of allylic oxidation sites excluding steroid dienone is 1. The van der Waals surface area contributed by atoms with Gasteiger partial charge in [0.25, 0.3) is 5.56 Å². The largest absolute Gasteiger partial charge is 0.345 e. The van der Waals surface area contributed by atoms with Crippen LogP contribution in [0.25, 0.3) is 10.9 Å². The van der Waals surface area contributed by atoms with Crippen molar-refractivity contribution in [2.75, 3.05) is 5.75 Å². The maximum absolute atomic E-state index is 12.8. The molecule has 0 aliphatic rings. The number of amides is 1. The molecule has 1 N–H and O–H groups in total. The summed E-state index contributed by atoms with van der Waals surface area (Å²) in [6, 6.07) is 16.0. The van der Waals surface area contributed by atoms with Crippen molar-refractivity contribution in [3.8, 4) is 0 Å². The second-order valence-electron chi connectivity index (χ2n) is 6.83. The molecular formula is C23H23N3O3S. The Kier molecular flexibility index (Phi) is 7.19. The topological polar surface area (TPSA) is 81.1 Å². The van der Waals surface area contributed by atoms with E-state index in [0.717, 1.165) is 17.3 Å². The average Bonchev–Trinajstić information content (AvgIpc) is 2.75. The molecular weight excluding hydrogens is 398 g/mol. The molecule has 0 fully saturated rings. The van der Waals surface area contributed by atoms with Gasteiger partial charge in [0.15, 0.2) is 10.9 Å². The highest BCUT2D eigenvalue weighted by Crippen LogP contribution is 2.18. The molecule has 1 atom stereocenters. The standard InChI is InChI=1S/C23H23N3O3S/c1-3-13-26-22(29)18-11-7-8-12-19(18)25-23(26)30-15-21(28)24-20(16(2)27)14-17-9-5-4-6-10-17/h3-12,20H,1,13-15H2,2H3,(H,24,28)/t20-/m1/s1. The van der Waals surface area contributed by atoms with Gasteiger partial charge in [-0.25, -0.2) is 4.98 Å². The predicted molar refractivity (Wildman–Crippen MR) is 120 cm³/mol. The first kappa shape index (κ1) is 21.5. The van der Waals surface area contributed by atoms with Crippen molar-refractivity contribution in [1.82, 2.24) is 14.9 Å². The van der Waals surface area contributed by atoms with E-state index in [4.69, 9.17) is 0 Å². The zero-order chi connectivity index (χ0) is 21.5. The van der Waals surface area contributed by atoms with Crippen LogP contribution in [0.4, 0.5) is 0 Å². The molecule has 0 saturated heterocycles. The Bertz CT molecular complexity index is 1130. The molecule has 3 rings (SSSR count). The molecule has 6 nitrogen and oxygen atoms in total. The quantitative estimate of drug-likeness (QED) is 0.326. The van der Waals surface area contributed by atoms with Crippen LogP contribution in [0.5, 0.6) is 0 Å². The summed E-state index contributed by atoms with van der Waals surface area (Å²) in [5.41, 5.74) is 1.38. The molecule has 154 valence electrons. The van der Waals surface area contributed by atoms with Crippen LogP contribution in [0.3, 0.4) is 0 Å². The summed E-state index contributed by atoms with van der Waals surface area (Å²) in [7, 11) is 0. The van der Waals surface area contributed by atoms with Crippen molar-refractivity contribution >= 4 is 34.4 Å². The minimum Gasteiger partial charge on any atom is -0.345 e. The van der Waals surface area contributed by atoms with E-state index in [1.165, 1.54) is 11.5 Å². The maximum Gasteiger partial charge on any atom is 0.262 e. The lowest BCUT2D eigenvalue weighted by Crippen LogP contribution is -2.42. The zero-order valence-corrected chi connectivity index (χ0v) is 17.5. The van der Waals surface area contributed by atoms with E-state index in [-0.39, 0.29) is 23.0 Å². The van der Waals surface area contributed by atoms with Crippen LogP contribution in [-0.2, 0) is 22.6 Å². The van der Waals surface area contributed by atoms with Gasteiger partial charge in [-0.1, -0.05) is 60.3 Å². The highest BCUT2D eigenvalue weighted by molar-refractivity contribution is 7.99. The second kappa shape index (κ2) is 10.0. The van der Waals surface area contributed by atoms with E-state index < -0.39 is 6.04 Å². The van der Waals surface area contributed by atoms with E-state index in [1.807, 2.05) is 36.4 Å². The summed E-state index contributed by atoms with van der Waals surface area (Å²) in [5, 5.41) is 3.76. The van der Waals surface area contributed by atoms with Gasteiger partial charge in [-0.2, -0.15) is 0 Å². The first-order valence-electron chi connectivity index (χ1n) is 9.56. The number of carbonyl (C=O) groups is 2. The number of Topliss-reactive ketones (excluding diaryl/α,β-unsaturated/α-hetero) is 1. The van der Waals surface area contributed by atoms with E-state index >= 15 is 0 Å². The van der Waals surface area contributed by atoms with E-state index in [1.54, 1.807) is 24.3 Å². The van der Waals surface area contributed by atoms with Gasteiger partial charge in [-0.05, 0) is 31.0 Å². The molecule has 0 spiro atoms. The predicted octanol–water partition coefficient (Wildman–Crippen LogP) is 2.99. The fraction of sp³-hybridized carbons (Fsp3) is 0.217. The summed E-state index contributed by atoms with van der Waals surface area (Å²) < 4.78 is 1.50. The number of carbonyl (C=O) groups excluding carboxylic acids is 2. The fourth-order valence-corrected chi connectivity index (χ4v) is 3.88. The van der Waals surface area contributed by atoms with Gasteiger partial charge in [-0.3, -0.25) is 19.0 Å². The highest BCUT2D eigenvalue weighted by Gasteiger charge is 2.19. The number of aromatic nitrogens is 2. The molecule has 0 saturated carbocycles. The first-order chi connectivity index (χ1) is 14.5. The smallest absolute Gasteiger partial charge is 0.262 e. The van der Waals surface area contributed by atoms with Crippen molar-refractivity contribution in [2.45, 2.75) is 31.1 Å². The SMILES string of the molecule is C=CCn1c(SCC(=O)N[C@H](Cc2ccccc2)C(C)=O)nc2ccccc2c1=O. The molecule has 0 aliphatic heterocycles. The van der Waals surface area contributed by atoms with Gasteiger partial charge in [0, 0.05) is 6.54 Å². The van der Waals surface area contributed by atoms with Crippen LogP contribution < -0.4 is 10.9 Å². The highest BCUT2D eigenvalue weighted by atomic mass is 32.2. The Balaban J connectivity index is 1.73. The minimum absolute atomic E-state index is 0.0422.